The maximum Gasteiger partial charge on any atom is 0.180 e. The van der Waals surface area contributed by atoms with E-state index in [0.29, 0.717) is 5.82 Å². The van der Waals surface area contributed by atoms with E-state index in [2.05, 4.69) is 54.9 Å². The summed E-state index contributed by atoms with van der Waals surface area (Å²) in [6, 6.07) is 8.00. The summed E-state index contributed by atoms with van der Waals surface area (Å²) in [5, 5.41) is 3.57. The molecule has 3 heterocycles. The Morgan fingerprint density at radius 3 is 2.58 bits per heavy atom. The molecule has 1 atom stereocenters. The highest BCUT2D eigenvalue weighted by Crippen LogP contribution is 2.38. The van der Waals surface area contributed by atoms with E-state index < -0.39 is 0 Å². The topological polar surface area (TPSA) is 59.9 Å². The van der Waals surface area contributed by atoms with E-state index in [0.717, 1.165) is 30.0 Å². The molecule has 5 nitrogen and oxygen atoms in total. The second-order valence-electron chi connectivity index (χ2n) is 7.50. The summed E-state index contributed by atoms with van der Waals surface area (Å²) in [5.74, 6) is 1.50. The number of pyridine rings is 1. The fourth-order valence-corrected chi connectivity index (χ4v) is 3.33. The van der Waals surface area contributed by atoms with Crippen LogP contribution in [0.2, 0.25) is 0 Å². The average Bonchev–Trinajstić information content (AvgIpc) is 2.74. The van der Waals surface area contributed by atoms with Crippen molar-refractivity contribution in [2.45, 2.75) is 64.7 Å². The molecule has 0 radical (unpaired) electrons. The molecule has 1 saturated heterocycles. The zero-order chi connectivity index (χ0) is 17.4. The molecule has 128 valence electrons. The molecule has 0 aliphatic carbocycles. The molecular formula is C19H26N4O. The fourth-order valence-electron chi connectivity index (χ4n) is 3.33. The van der Waals surface area contributed by atoms with Gasteiger partial charge >= 0.3 is 0 Å². The molecule has 0 spiro atoms. The SMILES string of the molecule is CCc1cc(NC2CC(C)(C)OC2(C)C)nc(-c2ccccn2)n1. The van der Waals surface area contributed by atoms with Crippen LogP contribution in [0.4, 0.5) is 5.82 Å². The van der Waals surface area contributed by atoms with Crippen LogP contribution in [0.25, 0.3) is 11.5 Å². The van der Waals surface area contributed by atoms with E-state index >= 15 is 0 Å². The van der Waals surface area contributed by atoms with E-state index in [-0.39, 0.29) is 17.2 Å². The summed E-state index contributed by atoms with van der Waals surface area (Å²) >= 11 is 0. The third-order valence-corrected chi connectivity index (χ3v) is 4.43. The van der Waals surface area contributed by atoms with Gasteiger partial charge in [-0.05, 0) is 52.7 Å². The van der Waals surface area contributed by atoms with E-state index in [1.165, 1.54) is 0 Å². The number of nitrogens with one attached hydrogen (secondary N) is 1. The quantitative estimate of drug-likeness (QED) is 0.924. The van der Waals surface area contributed by atoms with Gasteiger partial charge in [0, 0.05) is 18.0 Å². The van der Waals surface area contributed by atoms with E-state index in [4.69, 9.17) is 4.74 Å². The first-order valence-electron chi connectivity index (χ1n) is 8.55. The lowest BCUT2D eigenvalue weighted by atomic mass is 9.94. The van der Waals surface area contributed by atoms with Crippen molar-refractivity contribution in [3.63, 3.8) is 0 Å². The van der Waals surface area contributed by atoms with Crippen LogP contribution in [-0.4, -0.2) is 32.2 Å². The van der Waals surface area contributed by atoms with Crippen LogP contribution in [0.1, 0.15) is 46.7 Å². The Labute approximate surface area is 143 Å². The minimum absolute atomic E-state index is 0.133. The van der Waals surface area contributed by atoms with Crippen molar-refractivity contribution in [2.75, 3.05) is 5.32 Å². The van der Waals surface area contributed by atoms with Gasteiger partial charge in [0.15, 0.2) is 5.82 Å². The molecule has 0 amide bonds. The summed E-state index contributed by atoms with van der Waals surface area (Å²) in [4.78, 5) is 13.7. The van der Waals surface area contributed by atoms with Gasteiger partial charge in [0.2, 0.25) is 0 Å². The lowest BCUT2D eigenvalue weighted by Gasteiger charge is -2.28. The predicted molar refractivity (Wildman–Crippen MR) is 95.9 cm³/mol. The third-order valence-electron chi connectivity index (χ3n) is 4.43. The van der Waals surface area contributed by atoms with Crippen LogP contribution in [0.5, 0.6) is 0 Å². The highest BCUT2D eigenvalue weighted by Gasteiger charge is 2.46. The Hall–Kier alpha value is -2.01. The van der Waals surface area contributed by atoms with Crippen LogP contribution >= 0.6 is 0 Å². The lowest BCUT2D eigenvalue weighted by molar-refractivity contribution is -0.0662. The molecule has 0 bridgehead atoms. The number of nitrogens with zero attached hydrogens (tertiary/aromatic N) is 3. The molecule has 0 saturated carbocycles. The van der Waals surface area contributed by atoms with Gasteiger partial charge in [-0.15, -0.1) is 0 Å². The molecule has 2 aromatic rings. The summed E-state index contributed by atoms with van der Waals surface area (Å²) in [6.45, 7) is 10.6. The molecule has 24 heavy (non-hydrogen) atoms. The number of hydrogen-bond donors (Lipinski definition) is 1. The first-order valence-corrected chi connectivity index (χ1v) is 8.55. The molecule has 1 aliphatic rings. The van der Waals surface area contributed by atoms with Crippen molar-refractivity contribution in [1.29, 1.82) is 0 Å². The number of hydrogen-bond acceptors (Lipinski definition) is 5. The summed E-state index contributed by atoms with van der Waals surface area (Å²) in [7, 11) is 0. The largest absolute Gasteiger partial charge is 0.367 e. The molecule has 1 unspecified atom stereocenters. The fraction of sp³-hybridized carbons (Fsp3) is 0.526. The highest BCUT2D eigenvalue weighted by atomic mass is 16.5. The van der Waals surface area contributed by atoms with Crippen LogP contribution < -0.4 is 5.32 Å². The van der Waals surface area contributed by atoms with Crippen molar-refractivity contribution in [3.8, 4) is 11.5 Å². The Morgan fingerprint density at radius 1 is 1.21 bits per heavy atom. The molecule has 3 rings (SSSR count). The van der Waals surface area contributed by atoms with Gasteiger partial charge in [-0.1, -0.05) is 13.0 Å². The second kappa shape index (κ2) is 6.13. The second-order valence-corrected chi connectivity index (χ2v) is 7.50. The van der Waals surface area contributed by atoms with Crippen LogP contribution in [0.3, 0.4) is 0 Å². The van der Waals surface area contributed by atoms with Crippen molar-refractivity contribution in [1.82, 2.24) is 15.0 Å². The molecule has 0 aromatic carbocycles. The number of anilines is 1. The maximum atomic E-state index is 6.17. The van der Waals surface area contributed by atoms with E-state index in [9.17, 15) is 0 Å². The van der Waals surface area contributed by atoms with Gasteiger partial charge in [0.05, 0.1) is 17.2 Å². The van der Waals surface area contributed by atoms with Gasteiger partial charge < -0.3 is 10.1 Å². The molecule has 2 aromatic heterocycles. The van der Waals surface area contributed by atoms with Crippen LogP contribution in [0.15, 0.2) is 30.5 Å². The molecule has 5 heteroatoms. The normalized spacial score (nSPS) is 21.6. The minimum atomic E-state index is -0.244. The predicted octanol–water partition coefficient (Wildman–Crippen LogP) is 3.86. The lowest BCUT2D eigenvalue weighted by Crippen LogP contribution is -2.38. The van der Waals surface area contributed by atoms with Gasteiger partial charge in [0.25, 0.3) is 0 Å². The zero-order valence-corrected chi connectivity index (χ0v) is 15.1. The third kappa shape index (κ3) is 3.56. The molecule has 1 fully saturated rings. The summed E-state index contributed by atoms with van der Waals surface area (Å²) in [6.07, 6.45) is 3.55. The molecule has 1 N–H and O–H groups in total. The number of aryl methyl sites for hydroxylation is 1. The summed E-state index contributed by atoms with van der Waals surface area (Å²) in [5.41, 5.74) is 1.42. The van der Waals surface area contributed by atoms with E-state index in [1.807, 2.05) is 24.3 Å². The first kappa shape index (κ1) is 16.8. The minimum Gasteiger partial charge on any atom is -0.367 e. The monoisotopic (exact) mass is 326 g/mol. The highest BCUT2D eigenvalue weighted by molar-refractivity contribution is 5.53. The van der Waals surface area contributed by atoms with Gasteiger partial charge in [-0.3, -0.25) is 4.98 Å². The maximum absolute atomic E-state index is 6.17. The van der Waals surface area contributed by atoms with Gasteiger partial charge in [0.1, 0.15) is 11.5 Å². The smallest absolute Gasteiger partial charge is 0.180 e. The number of ether oxygens (including phenoxy) is 1. The van der Waals surface area contributed by atoms with Crippen molar-refractivity contribution >= 4 is 5.82 Å². The number of rotatable bonds is 4. The van der Waals surface area contributed by atoms with Crippen LogP contribution in [0, 0.1) is 0 Å². The van der Waals surface area contributed by atoms with Crippen molar-refractivity contribution < 1.29 is 4.74 Å². The Bertz CT molecular complexity index is 713. The summed E-state index contributed by atoms with van der Waals surface area (Å²) < 4.78 is 6.17. The van der Waals surface area contributed by atoms with Crippen molar-refractivity contribution in [3.05, 3.63) is 36.2 Å². The Morgan fingerprint density at radius 2 is 2.00 bits per heavy atom. The van der Waals surface area contributed by atoms with Crippen molar-refractivity contribution in [2.24, 2.45) is 0 Å². The van der Waals surface area contributed by atoms with Gasteiger partial charge in [-0.25, -0.2) is 9.97 Å². The zero-order valence-electron chi connectivity index (χ0n) is 15.1. The molecular weight excluding hydrogens is 300 g/mol. The first-order chi connectivity index (χ1) is 11.3. The Kier molecular flexibility index (Phi) is 4.30. The number of aromatic nitrogens is 3. The van der Waals surface area contributed by atoms with Gasteiger partial charge in [-0.2, -0.15) is 0 Å². The standard InChI is InChI=1S/C19H26N4O/c1-6-13-11-16(22-15-12-18(2,3)24-19(15,4)5)23-17(21-13)14-9-7-8-10-20-14/h7-11,15H,6,12H2,1-5H3,(H,21,22,23). The van der Waals surface area contributed by atoms with Crippen LogP contribution in [-0.2, 0) is 11.2 Å². The Balaban J connectivity index is 1.91. The average molecular weight is 326 g/mol. The molecule has 1 aliphatic heterocycles. The van der Waals surface area contributed by atoms with E-state index in [1.54, 1.807) is 6.20 Å².